The number of hydrogen-bond acceptors (Lipinski definition) is 3. The van der Waals surface area contributed by atoms with Gasteiger partial charge in [-0.25, -0.2) is 0 Å². The van der Waals surface area contributed by atoms with Crippen molar-refractivity contribution in [1.82, 2.24) is 0 Å². The van der Waals surface area contributed by atoms with E-state index in [-0.39, 0.29) is 5.75 Å². The number of aromatic hydroxyl groups is 1. The van der Waals surface area contributed by atoms with E-state index in [0.29, 0.717) is 12.3 Å². The monoisotopic (exact) mass is 285 g/mol. The minimum atomic E-state index is 0.173. The van der Waals surface area contributed by atoms with Crippen LogP contribution >= 0.6 is 0 Å². The molecule has 0 aliphatic heterocycles. The molecule has 3 heteroatoms. The zero-order chi connectivity index (χ0) is 15.1. The van der Waals surface area contributed by atoms with Crippen molar-refractivity contribution in [1.29, 1.82) is 0 Å². The molecule has 0 unspecified atom stereocenters. The highest BCUT2D eigenvalue weighted by Crippen LogP contribution is 2.26. The lowest BCUT2D eigenvalue weighted by atomic mass is 10.1. The van der Waals surface area contributed by atoms with E-state index in [2.05, 4.69) is 36.5 Å². The van der Waals surface area contributed by atoms with Crippen LogP contribution in [0, 0.1) is 0 Å². The number of rotatable bonds is 7. The van der Waals surface area contributed by atoms with Crippen molar-refractivity contribution in [3.05, 3.63) is 53.6 Å². The first kappa shape index (κ1) is 15.2. The summed E-state index contributed by atoms with van der Waals surface area (Å²) in [5.41, 5.74) is 3.48. The lowest BCUT2D eigenvalue weighted by Crippen LogP contribution is -1.99. The van der Waals surface area contributed by atoms with Crippen molar-refractivity contribution in [2.45, 2.75) is 32.7 Å². The highest BCUT2D eigenvalue weighted by atomic mass is 16.5. The molecule has 0 atom stereocenters. The van der Waals surface area contributed by atoms with Crippen molar-refractivity contribution in [2.75, 3.05) is 12.4 Å². The summed E-state index contributed by atoms with van der Waals surface area (Å²) in [4.78, 5) is 0. The van der Waals surface area contributed by atoms with E-state index >= 15 is 0 Å². The largest absolute Gasteiger partial charge is 0.504 e. The number of benzene rings is 2. The number of methoxy groups -OCH3 is 1. The predicted octanol–water partition coefficient (Wildman–Crippen LogP) is 4.36. The molecule has 2 aromatic carbocycles. The number of aryl methyl sites for hydroxylation is 1. The van der Waals surface area contributed by atoms with E-state index in [1.165, 1.54) is 18.4 Å². The number of ether oxygens (including phenoxy) is 1. The Hall–Kier alpha value is -2.16. The zero-order valence-electron chi connectivity index (χ0n) is 12.7. The first-order valence-corrected chi connectivity index (χ1v) is 7.41. The van der Waals surface area contributed by atoms with Gasteiger partial charge in [-0.15, -0.1) is 0 Å². The number of nitrogens with one attached hydrogen (secondary N) is 1. The van der Waals surface area contributed by atoms with Crippen LogP contribution in [0.15, 0.2) is 42.5 Å². The highest BCUT2D eigenvalue weighted by Gasteiger charge is 2.02. The number of hydrogen-bond donors (Lipinski definition) is 2. The Morgan fingerprint density at radius 2 is 1.76 bits per heavy atom. The van der Waals surface area contributed by atoms with E-state index in [9.17, 15) is 5.11 Å². The summed E-state index contributed by atoms with van der Waals surface area (Å²) < 4.78 is 5.04. The number of phenols is 1. The Labute approximate surface area is 126 Å². The third kappa shape index (κ3) is 4.42. The zero-order valence-corrected chi connectivity index (χ0v) is 12.7. The Kier molecular flexibility index (Phi) is 5.50. The molecule has 0 amide bonds. The summed E-state index contributed by atoms with van der Waals surface area (Å²) in [5, 5.41) is 13.1. The van der Waals surface area contributed by atoms with Crippen LogP contribution in [-0.2, 0) is 13.0 Å². The van der Waals surface area contributed by atoms with E-state index in [1.54, 1.807) is 19.2 Å². The molecule has 2 N–H and O–H groups in total. The molecule has 0 saturated heterocycles. The topological polar surface area (TPSA) is 41.5 Å². The van der Waals surface area contributed by atoms with Crippen LogP contribution in [0.4, 0.5) is 5.69 Å². The maximum Gasteiger partial charge on any atom is 0.160 e. The van der Waals surface area contributed by atoms with Gasteiger partial charge < -0.3 is 15.2 Å². The van der Waals surface area contributed by atoms with Gasteiger partial charge in [0.2, 0.25) is 0 Å². The standard InChI is InChI=1S/C18H23NO2/c1-3-4-5-14-6-9-16(10-7-14)19-13-15-8-11-18(21-2)17(20)12-15/h6-12,19-20H,3-5,13H2,1-2H3. The van der Waals surface area contributed by atoms with Crippen LogP contribution in [0.1, 0.15) is 30.9 Å². The van der Waals surface area contributed by atoms with Gasteiger partial charge in [-0.1, -0.05) is 31.5 Å². The average molecular weight is 285 g/mol. The summed E-state index contributed by atoms with van der Waals surface area (Å²) in [7, 11) is 1.55. The van der Waals surface area contributed by atoms with Crippen molar-refractivity contribution in [2.24, 2.45) is 0 Å². The maximum absolute atomic E-state index is 9.75. The van der Waals surface area contributed by atoms with Gasteiger partial charge in [0.05, 0.1) is 7.11 Å². The molecular formula is C18H23NO2. The fourth-order valence-electron chi connectivity index (χ4n) is 2.22. The minimum Gasteiger partial charge on any atom is -0.504 e. The SMILES string of the molecule is CCCCc1ccc(NCc2ccc(OC)c(O)c2)cc1. The van der Waals surface area contributed by atoms with Crippen LogP contribution in [-0.4, -0.2) is 12.2 Å². The maximum atomic E-state index is 9.75. The molecule has 21 heavy (non-hydrogen) atoms. The van der Waals surface area contributed by atoms with Crippen LogP contribution in [0.3, 0.4) is 0 Å². The molecule has 2 rings (SSSR count). The average Bonchev–Trinajstić information content (AvgIpc) is 2.52. The quantitative estimate of drug-likeness (QED) is 0.794. The second kappa shape index (κ2) is 7.58. The van der Waals surface area contributed by atoms with Crippen LogP contribution in [0.2, 0.25) is 0 Å². The molecule has 0 bridgehead atoms. The van der Waals surface area contributed by atoms with Gasteiger partial charge in [-0.2, -0.15) is 0 Å². The molecule has 0 saturated carbocycles. The van der Waals surface area contributed by atoms with Crippen molar-refractivity contribution < 1.29 is 9.84 Å². The normalized spacial score (nSPS) is 10.4. The highest BCUT2D eigenvalue weighted by molar-refractivity contribution is 5.47. The minimum absolute atomic E-state index is 0.173. The molecule has 0 aromatic heterocycles. The second-order valence-corrected chi connectivity index (χ2v) is 5.16. The van der Waals surface area contributed by atoms with E-state index in [1.807, 2.05) is 6.07 Å². The molecule has 0 fully saturated rings. The summed E-state index contributed by atoms with van der Waals surface area (Å²) >= 11 is 0. The number of anilines is 1. The van der Waals surface area contributed by atoms with Gasteiger partial charge in [0.15, 0.2) is 11.5 Å². The lowest BCUT2D eigenvalue weighted by molar-refractivity contribution is 0.373. The molecule has 112 valence electrons. The molecule has 0 spiro atoms. The Balaban J connectivity index is 1.92. The first-order chi connectivity index (χ1) is 10.2. The first-order valence-electron chi connectivity index (χ1n) is 7.41. The molecule has 0 radical (unpaired) electrons. The van der Waals surface area contributed by atoms with Crippen molar-refractivity contribution in [3.8, 4) is 11.5 Å². The molecule has 2 aromatic rings. The fourth-order valence-corrected chi connectivity index (χ4v) is 2.22. The Bertz CT molecular complexity index is 564. The second-order valence-electron chi connectivity index (χ2n) is 5.16. The Morgan fingerprint density at radius 3 is 2.38 bits per heavy atom. The predicted molar refractivity (Wildman–Crippen MR) is 87.0 cm³/mol. The molecular weight excluding hydrogens is 262 g/mol. The van der Waals surface area contributed by atoms with E-state index in [4.69, 9.17) is 4.74 Å². The molecule has 0 heterocycles. The molecule has 0 aliphatic rings. The van der Waals surface area contributed by atoms with Gasteiger partial charge in [-0.3, -0.25) is 0 Å². The number of unbranched alkanes of at least 4 members (excludes halogenated alkanes) is 1. The van der Waals surface area contributed by atoms with Gasteiger partial charge in [0.25, 0.3) is 0 Å². The van der Waals surface area contributed by atoms with Crippen molar-refractivity contribution >= 4 is 5.69 Å². The van der Waals surface area contributed by atoms with Crippen LogP contribution < -0.4 is 10.1 Å². The Morgan fingerprint density at radius 1 is 1.05 bits per heavy atom. The summed E-state index contributed by atoms with van der Waals surface area (Å²) in [6.07, 6.45) is 3.60. The van der Waals surface area contributed by atoms with Crippen molar-refractivity contribution in [3.63, 3.8) is 0 Å². The van der Waals surface area contributed by atoms with Gasteiger partial charge in [-0.05, 0) is 48.2 Å². The molecule has 3 nitrogen and oxygen atoms in total. The van der Waals surface area contributed by atoms with E-state index < -0.39 is 0 Å². The van der Waals surface area contributed by atoms with Gasteiger partial charge in [0.1, 0.15) is 0 Å². The lowest BCUT2D eigenvalue weighted by Gasteiger charge is -2.09. The third-order valence-electron chi connectivity index (χ3n) is 3.51. The van der Waals surface area contributed by atoms with Crippen LogP contribution in [0.5, 0.6) is 11.5 Å². The summed E-state index contributed by atoms with van der Waals surface area (Å²) in [6, 6.07) is 14.0. The third-order valence-corrected chi connectivity index (χ3v) is 3.51. The molecule has 0 aliphatic carbocycles. The fraction of sp³-hybridized carbons (Fsp3) is 0.333. The van der Waals surface area contributed by atoms with E-state index in [0.717, 1.165) is 17.7 Å². The van der Waals surface area contributed by atoms with Gasteiger partial charge >= 0.3 is 0 Å². The van der Waals surface area contributed by atoms with Crippen LogP contribution in [0.25, 0.3) is 0 Å². The number of phenolic OH excluding ortho intramolecular Hbond substituents is 1. The summed E-state index contributed by atoms with van der Waals surface area (Å²) in [5.74, 6) is 0.672. The summed E-state index contributed by atoms with van der Waals surface area (Å²) in [6.45, 7) is 2.88. The van der Waals surface area contributed by atoms with Gasteiger partial charge in [0, 0.05) is 12.2 Å². The smallest absolute Gasteiger partial charge is 0.160 e.